The van der Waals surface area contributed by atoms with Crippen molar-refractivity contribution < 1.29 is 24.4 Å². The van der Waals surface area contributed by atoms with Crippen molar-refractivity contribution in [3.05, 3.63) is 16.7 Å². The van der Waals surface area contributed by atoms with Crippen LogP contribution in [0, 0.1) is 0 Å². The van der Waals surface area contributed by atoms with Crippen LogP contribution in [0.25, 0.3) is 11.2 Å². The van der Waals surface area contributed by atoms with Crippen molar-refractivity contribution in [2.45, 2.75) is 38.2 Å². The fourth-order valence-corrected chi connectivity index (χ4v) is 2.72. The molecule has 27 heavy (non-hydrogen) atoms. The number of aromatic amines is 1. The number of imidazole rings is 1. The zero-order valence-corrected chi connectivity index (χ0v) is 15.5. The van der Waals surface area contributed by atoms with E-state index in [2.05, 4.69) is 15.0 Å². The maximum Gasteiger partial charge on any atom is 0.280 e. The van der Waals surface area contributed by atoms with Crippen LogP contribution >= 0.6 is 0 Å². The van der Waals surface area contributed by atoms with E-state index in [4.69, 9.17) is 19.9 Å². The monoisotopic (exact) mass is 385 g/mol. The summed E-state index contributed by atoms with van der Waals surface area (Å²) in [5.74, 6) is -0.00136. The van der Waals surface area contributed by atoms with E-state index >= 15 is 0 Å². The minimum atomic E-state index is -1.04. The maximum absolute atomic E-state index is 11.9. The quantitative estimate of drug-likeness (QED) is 0.332. The SMILES string of the molecule is CCOCCO[C@H](CCn1cnc2c(=O)[nH]c(N)nc21)[C@@H](O)[C@@H](CO)OC. The topological polar surface area (TPSA) is 158 Å². The number of hydrogen-bond acceptors (Lipinski definition) is 9. The maximum atomic E-state index is 11.9. The third kappa shape index (κ3) is 5.47. The highest BCUT2D eigenvalue weighted by molar-refractivity contribution is 5.70. The Morgan fingerprint density at radius 2 is 2.15 bits per heavy atom. The molecule has 0 aliphatic rings. The smallest absolute Gasteiger partial charge is 0.280 e. The zero-order valence-electron chi connectivity index (χ0n) is 15.5. The van der Waals surface area contributed by atoms with Crippen LogP contribution in [-0.2, 0) is 20.8 Å². The van der Waals surface area contributed by atoms with Crippen LogP contribution in [0.1, 0.15) is 13.3 Å². The fraction of sp³-hybridized carbons (Fsp3) is 0.688. The molecule has 11 heteroatoms. The summed E-state index contributed by atoms with van der Waals surface area (Å²) < 4.78 is 17.7. The number of ether oxygens (including phenoxy) is 3. The molecule has 152 valence electrons. The molecule has 0 amide bonds. The van der Waals surface area contributed by atoms with Crippen molar-refractivity contribution in [3.8, 4) is 0 Å². The average Bonchev–Trinajstić information content (AvgIpc) is 3.05. The van der Waals surface area contributed by atoms with E-state index in [9.17, 15) is 15.0 Å². The van der Waals surface area contributed by atoms with Gasteiger partial charge in [0, 0.05) is 20.3 Å². The number of anilines is 1. The predicted molar refractivity (Wildman–Crippen MR) is 97.3 cm³/mol. The summed E-state index contributed by atoms with van der Waals surface area (Å²) in [6, 6.07) is 0. The Morgan fingerprint density at radius 3 is 2.81 bits per heavy atom. The average molecular weight is 385 g/mol. The van der Waals surface area contributed by atoms with E-state index in [0.29, 0.717) is 31.8 Å². The fourth-order valence-electron chi connectivity index (χ4n) is 2.72. The molecule has 2 aromatic heterocycles. The first-order chi connectivity index (χ1) is 13.0. The van der Waals surface area contributed by atoms with Crippen LogP contribution < -0.4 is 11.3 Å². The van der Waals surface area contributed by atoms with Crippen LogP contribution in [0.15, 0.2) is 11.1 Å². The Labute approximate surface area is 156 Å². The number of nitrogens with zero attached hydrogens (tertiary/aromatic N) is 3. The standard InChI is InChI=1S/C16H27N5O6/c1-3-26-6-7-27-10(13(23)11(8-22)25-2)4-5-21-9-18-12-14(21)19-16(17)20-15(12)24/h9-11,13,22-23H,3-8H2,1-2H3,(H3,17,19,20,24)/t10-,11-,13-/m1/s1. The number of hydrogen-bond donors (Lipinski definition) is 4. The van der Waals surface area contributed by atoms with E-state index in [-0.39, 0.29) is 24.7 Å². The van der Waals surface area contributed by atoms with E-state index in [1.807, 2.05) is 6.92 Å². The molecule has 0 radical (unpaired) electrons. The third-order valence-electron chi connectivity index (χ3n) is 4.16. The van der Waals surface area contributed by atoms with Crippen LogP contribution in [0.2, 0.25) is 0 Å². The Kier molecular flexibility index (Phi) is 8.13. The Bertz CT molecular complexity index is 759. The summed E-state index contributed by atoms with van der Waals surface area (Å²) in [5, 5.41) is 19.9. The molecule has 0 unspecified atom stereocenters. The molecule has 0 aliphatic heterocycles. The molecule has 0 fully saturated rings. The number of nitrogens with one attached hydrogen (secondary N) is 1. The van der Waals surface area contributed by atoms with Crippen LogP contribution in [0.4, 0.5) is 5.95 Å². The van der Waals surface area contributed by atoms with Gasteiger partial charge in [-0.3, -0.25) is 9.78 Å². The first-order valence-electron chi connectivity index (χ1n) is 8.73. The second-order valence-electron chi connectivity index (χ2n) is 5.90. The van der Waals surface area contributed by atoms with Crippen molar-refractivity contribution >= 4 is 17.1 Å². The third-order valence-corrected chi connectivity index (χ3v) is 4.16. The molecular weight excluding hydrogens is 358 g/mol. The van der Waals surface area contributed by atoms with Crippen molar-refractivity contribution in [2.75, 3.05) is 39.3 Å². The summed E-state index contributed by atoms with van der Waals surface area (Å²) in [5.41, 5.74) is 5.72. The van der Waals surface area contributed by atoms with Gasteiger partial charge in [-0.05, 0) is 13.3 Å². The number of fused-ring (bicyclic) bond motifs is 1. The lowest BCUT2D eigenvalue weighted by atomic mass is 10.1. The van der Waals surface area contributed by atoms with Gasteiger partial charge in [0.05, 0.1) is 32.3 Å². The van der Waals surface area contributed by atoms with Gasteiger partial charge in [-0.2, -0.15) is 4.98 Å². The lowest BCUT2D eigenvalue weighted by molar-refractivity contribution is -0.122. The Balaban J connectivity index is 2.11. The van der Waals surface area contributed by atoms with Gasteiger partial charge >= 0.3 is 0 Å². The molecule has 2 heterocycles. The number of aromatic nitrogens is 4. The first kappa shape index (κ1) is 21.3. The normalized spacial score (nSPS) is 15.1. The van der Waals surface area contributed by atoms with Gasteiger partial charge < -0.3 is 34.7 Å². The van der Waals surface area contributed by atoms with E-state index < -0.39 is 23.9 Å². The lowest BCUT2D eigenvalue weighted by Gasteiger charge is -2.28. The van der Waals surface area contributed by atoms with Crippen molar-refractivity contribution in [1.29, 1.82) is 0 Å². The number of aliphatic hydroxyl groups excluding tert-OH is 2. The number of rotatable bonds is 12. The highest BCUT2D eigenvalue weighted by atomic mass is 16.5. The van der Waals surface area contributed by atoms with Gasteiger partial charge in [0.25, 0.3) is 5.56 Å². The van der Waals surface area contributed by atoms with Gasteiger partial charge in [0.15, 0.2) is 11.2 Å². The molecule has 0 aromatic carbocycles. The molecule has 0 aliphatic carbocycles. The molecule has 2 rings (SSSR count). The minimum absolute atomic E-state index is 0.00136. The number of methoxy groups -OCH3 is 1. The van der Waals surface area contributed by atoms with Crippen molar-refractivity contribution in [1.82, 2.24) is 19.5 Å². The van der Waals surface area contributed by atoms with Crippen LogP contribution in [0.3, 0.4) is 0 Å². The summed E-state index contributed by atoms with van der Waals surface area (Å²) in [4.78, 5) is 22.4. The molecule has 3 atom stereocenters. The second kappa shape index (κ2) is 10.3. The first-order valence-corrected chi connectivity index (χ1v) is 8.73. The van der Waals surface area contributed by atoms with Gasteiger partial charge in [-0.1, -0.05) is 0 Å². The number of aryl methyl sites for hydroxylation is 1. The minimum Gasteiger partial charge on any atom is -0.394 e. The highest BCUT2D eigenvalue weighted by Gasteiger charge is 2.28. The Morgan fingerprint density at radius 1 is 1.37 bits per heavy atom. The van der Waals surface area contributed by atoms with Crippen molar-refractivity contribution in [2.24, 2.45) is 0 Å². The zero-order chi connectivity index (χ0) is 19.8. The van der Waals surface area contributed by atoms with E-state index in [1.54, 1.807) is 4.57 Å². The number of aliphatic hydroxyl groups is 2. The number of nitrogens with two attached hydrogens (primary N) is 1. The molecule has 0 saturated carbocycles. The Hall–Kier alpha value is -2.05. The largest absolute Gasteiger partial charge is 0.394 e. The molecule has 11 nitrogen and oxygen atoms in total. The number of nitrogen functional groups attached to an aromatic ring is 1. The number of H-pyrrole nitrogens is 1. The van der Waals surface area contributed by atoms with Crippen molar-refractivity contribution in [3.63, 3.8) is 0 Å². The molecular formula is C16H27N5O6. The highest BCUT2D eigenvalue weighted by Crippen LogP contribution is 2.14. The summed E-state index contributed by atoms with van der Waals surface area (Å²) >= 11 is 0. The molecule has 2 aromatic rings. The van der Waals surface area contributed by atoms with Gasteiger partial charge in [-0.25, -0.2) is 4.98 Å². The predicted octanol–water partition coefficient (Wildman–Crippen LogP) is -1.12. The summed E-state index contributed by atoms with van der Waals surface area (Å²) in [7, 11) is 1.41. The van der Waals surface area contributed by atoms with Crippen LogP contribution in [-0.4, -0.2) is 81.6 Å². The molecule has 0 saturated heterocycles. The van der Waals surface area contributed by atoms with Gasteiger partial charge in [-0.15, -0.1) is 0 Å². The molecule has 0 spiro atoms. The lowest BCUT2D eigenvalue weighted by Crippen LogP contribution is -2.43. The summed E-state index contributed by atoms with van der Waals surface area (Å²) in [6.07, 6.45) is -0.599. The van der Waals surface area contributed by atoms with Crippen LogP contribution in [0.5, 0.6) is 0 Å². The molecule has 0 bridgehead atoms. The molecule has 5 N–H and O–H groups in total. The van der Waals surface area contributed by atoms with E-state index in [0.717, 1.165) is 0 Å². The van der Waals surface area contributed by atoms with Gasteiger partial charge in [0.2, 0.25) is 5.95 Å². The van der Waals surface area contributed by atoms with Gasteiger partial charge in [0.1, 0.15) is 12.2 Å². The van der Waals surface area contributed by atoms with E-state index in [1.165, 1.54) is 13.4 Å². The second-order valence-corrected chi connectivity index (χ2v) is 5.90. The summed E-state index contributed by atoms with van der Waals surface area (Å²) in [6.45, 7) is 3.14.